The zero-order chi connectivity index (χ0) is 14.0. The maximum atomic E-state index is 12.3. The summed E-state index contributed by atoms with van der Waals surface area (Å²) in [5, 5.41) is 0.182. The lowest BCUT2D eigenvalue weighted by molar-refractivity contribution is -0.146. The van der Waals surface area contributed by atoms with Crippen LogP contribution in [0.1, 0.15) is 17.3 Å². The molecule has 2 atom stereocenters. The van der Waals surface area contributed by atoms with Crippen molar-refractivity contribution in [2.45, 2.75) is 6.92 Å². The second-order valence-electron chi connectivity index (χ2n) is 4.66. The van der Waals surface area contributed by atoms with Crippen molar-refractivity contribution < 1.29 is 14.3 Å². The summed E-state index contributed by atoms with van der Waals surface area (Å²) in [6.07, 6.45) is 1.53. The van der Waals surface area contributed by atoms with Crippen molar-refractivity contribution in [2.24, 2.45) is 11.8 Å². The minimum atomic E-state index is -0.278. The second kappa shape index (κ2) is 5.57. The number of rotatable bonds is 2. The van der Waals surface area contributed by atoms with Crippen LogP contribution < -0.4 is 0 Å². The first-order chi connectivity index (χ1) is 9.04. The molecule has 0 aromatic carbocycles. The lowest BCUT2D eigenvalue weighted by atomic mass is 9.99. The third-order valence-corrected chi connectivity index (χ3v) is 3.69. The Balaban J connectivity index is 2.15. The fourth-order valence-corrected chi connectivity index (χ4v) is 2.51. The standard InChI is InChI=1S/C13H15ClN2O3/c1-8-6-16(7-10(8)13(18)19-2)12(17)9-4-3-5-15-11(9)14/h3-5,8,10H,6-7H2,1-2H3. The molecule has 1 aliphatic rings. The zero-order valence-corrected chi connectivity index (χ0v) is 11.6. The van der Waals surface area contributed by atoms with E-state index in [1.54, 1.807) is 17.0 Å². The van der Waals surface area contributed by atoms with E-state index in [0.29, 0.717) is 18.7 Å². The number of hydrogen-bond donors (Lipinski definition) is 0. The monoisotopic (exact) mass is 282 g/mol. The highest BCUT2D eigenvalue weighted by Gasteiger charge is 2.38. The van der Waals surface area contributed by atoms with Crippen LogP contribution >= 0.6 is 11.6 Å². The molecular formula is C13H15ClN2O3. The summed E-state index contributed by atoms with van der Waals surface area (Å²) in [5.41, 5.74) is 0.363. The second-order valence-corrected chi connectivity index (χ2v) is 5.02. The number of nitrogens with zero attached hydrogens (tertiary/aromatic N) is 2. The fourth-order valence-electron chi connectivity index (χ4n) is 2.31. The van der Waals surface area contributed by atoms with Gasteiger partial charge in [0.1, 0.15) is 5.15 Å². The number of methoxy groups -OCH3 is 1. The lowest BCUT2D eigenvalue weighted by Gasteiger charge is -2.16. The van der Waals surface area contributed by atoms with Gasteiger partial charge in [-0.2, -0.15) is 0 Å². The molecule has 2 heterocycles. The maximum absolute atomic E-state index is 12.3. The molecule has 2 unspecified atom stereocenters. The highest BCUT2D eigenvalue weighted by atomic mass is 35.5. The van der Waals surface area contributed by atoms with Gasteiger partial charge in [-0.15, -0.1) is 0 Å². The molecule has 5 nitrogen and oxygen atoms in total. The van der Waals surface area contributed by atoms with Crippen LogP contribution in [0.25, 0.3) is 0 Å². The molecule has 0 radical (unpaired) electrons. The van der Waals surface area contributed by atoms with E-state index in [0.717, 1.165) is 0 Å². The number of amides is 1. The summed E-state index contributed by atoms with van der Waals surface area (Å²) in [5.74, 6) is -0.673. The van der Waals surface area contributed by atoms with Crippen LogP contribution in [0.4, 0.5) is 0 Å². The van der Waals surface area contributed by atoms with Crippen molar-refractivity contribution in [3.05, 3.63) is 29.0 Å². The molecule has 102 valence electrons. The van der Waals surface area contributed by atoms with Gasteiger partial charge in [-0.3, -0.25) is 9.59 Å². The van der Waals surface area contributed by atoms with Crippen LogP contribution in [-0.2, 0) is 9.53 Å². The largest absolute Gasteiger partial charge is 0.469 e. The van der Waals surface area contributed by atoms with Crippen molar-refractivity contribution in [3.63, 3.8) is 0 Å². The third kappa shape index (κ3) is 2.71. The molecule has 1 saturated heterocycles. The molecule has 1 aliphatic heterocycles. The molecule has 0 saturated carbocycles. The van der Waals surface area contributed by atoms with Crippen LogP contribution in [-0.4, -0.2) is 42.0 Å². The summed E-state index contributed by atoms with van der Waals surface area (Å²) < 4.78 is 4.75. The molecule has 2 rings (SSSR count). The Bertz CT molecular complexity index is 506. The number of hydrogen-bond acceptors (Lipinski definition) is 4. The third-order valence-electron chi connectivity index (χ3n) is 3.39. The molecule has 1 aromatic rings. The predicted octanol–water partition coefficient (Wildman–Crippen LogP) is 1.62. The van der Waals surface area contributed by atoms with Gasteiger partial charge in [0, 0.05) is 19.3 Å². The molecule has 1 aromatic heterocycles. The smallest absolute Gasteiger partial charge is 0.310 e. The molecule has 0 aliphatic carbocycles. The number of carbonyl (C=O) groups is 2. The molecule has 0 spiro atoms. The Morgan fingerprint density at radius 2 is 2.21 bits per heavy atom. The first-order valence-electron chi connectivity index (χ1n) is 6.02. The minimum Gasteiger partial charge on any atom is -0.469 e. The van der Waals surface area contributed by atoms with Crippen LogP contribution in [0.2, 0.25) is 5.15 Å². The Hall–Kier alpha value is -1.62. The number of aromatic nitrogens is 1. The van der Waals surface area contributed by atoms with E-state index in [4.69, 9.17) is 16.3 Å². The van der Waals surface area contributed by atoms with Gasteiger partial charge in [-0.05, 0) is 18.1 Å². The van der Waals surface area contributed by atoms with Crippen molar-refractivity contribution in [2.75, 3.05) is 20.2 Å². The molecule has 0 bridgehead atoms. The first-order valence-corrected chi connectivity index (χ1v) is 6.40. The summed E-state index contributed by atoms with van der Waals surface area (Å²) in [4.78, 5) is 29.4. The van der Waals surface area contributed by atoms with E-state index in [1.807, 2.05) is 6.92 Å². The number of ether oxygens (including phenoxy) is 1. The van der Waals surface area contributed by atoms with Crippen LogP contribution in [0.3, 0.4) is 0 Å². The average molecular weight is 283 g/mol. The number of carbonyl (C=O) groups excluding carboxylic acids is 2. The van der Waals surface area contributed by atoms with Crippen LogP contribution in [0.5, 0.6) is 0 Å². The van der Waals surface area contributed by atoms with E-state index in [-0.39, 0.29) is 28.9 Å². The SMILES string of the molecule is COC(=O)C1CN(C(=O)c2cccnc2Cl)CC1C. The van der Waals surface area contributed by atoms with Gasteiger partial charge in [0.25, 0.3) is 5.91 Å². The molecular weight excluding hydrogens is 268 g/mol. The van der Waals surface area contributed by atoms with Gasteiger partial charge < -0.3 is 9.64 Å². The van der Waals surface area contributed by atoms with Gasteiger partial charge >= 0.3 is 5.97 Å². The lowest BCUT2D eigenvalue weighted by Crippen LogP contribution is -2.30. The molecule has 0 N–H and O–H groups in total. The van der Waals surface area contributed by atoms with E-state index in [9.17, 15) is 9.59 Å². The highest BCUT2D eigenvalue weighted by molar-refractivity contribution is 6.32. The normalized spacial score (nSPS) is 22.4. The summed E-state index contributed by atoms with van der Waals surface area (Å²) in [6, 6.07) is 3.30. The molecule has 1 amide bonds. The minimum absolute atomic E-state index is 0.0758. The Morgan fingerprint density at radius 3 is 2.84 bits per heavy atom. The topological polar surface area (TPSA) is 59.5 Å². The van der Waals surface area contributed by atoms with Crippen LogP contribution in [0.15, 0.2) is 18.3 Å². The van der Waals surface area contributed by atoms with E-state index in [1.165, 1.54) is 13.3 Å². The van der Waals surface area contributed by atoms with Crippen molar-refractivity contribution in [1.82, 2.24) is 9.88 Å². The number of pyridine rings is 1. The number of likely N-dealkylation sites (tertiary alicyclic amines) is 1. The first kappa shape index (κ1) is 13.8. The number of esters is 1. The Morgan fingerprint density at radius 1 is 1.47 bits per heavy atom. The average Bonchev–Trinajstić information content (AvgIpc) is 2.80. The maximum Gasteiger partial charge on any atom is 0.310 e. The Labute approximate surface area is 116 Å². The highest BCUT2D eigenvalue weighted by Crippen LogP contribution is 2.26. The van der Waals surface area contributed by atoms with Crippen LogP contribution in [0, 0.1) is 11.8 Å². The quantitative estimate of drug-likeness (QED) is 0.611. The van der Waals surface area contributed by atoms with Gasteiger partial charge in [-0.1, -0.05) is 18.5 Å². The van der Waals surface area contributed by atoms with Crippen molar-refractivity contribution >= 4 is 23.5 Å². The van der Waals surface area contributed by atoms with Gasteiger partial charge in [0.2, 0.25) is 0 Å². The van der Waals surface area contributed by atoms with Gasteiger partial charge in [-0.25, -0.2) is 4.98 Å². The number of halogens is 1. The summed E-state index contributed by atoms with van der Waals surface area (Å²) >= 11 is 5.91. The predicted molar refractivity (Wildman–Crippen MR) is 69.8 cm³/mol. The van der Waals surface area contributed by atoms with E-state index < -0.39 is 0 Å². The van der Waals surface area contributed by atoms with E-state index >= 15 is 0 Å². The van der Waals surface area contributed by atoms with E-state index in [2.05, 4.69) is 4.98 Å². The molecule has 6 heteroatoms. The van der Waals surface area contributed by atoms with Crippen molar-refractivity contribution in [3.8, 4) is 0 Å². The fraction of sp³-hybridized carbons (Fsp3) is 0.462. The zero-order valence-electron chi connectivity index (χ0n) is 10.8. The Kier molecular flexibility index (Phi) is 4.04. The van der Waals surface area contributed by atoms with Gasteiger partial charge in [0.05, 0.1) is 18.6 Å². The summed E-state index contributed by atoms with van der Waals surface area (Å²) in [6.45, 7) is 2.81. The summed E-state index contributed by atoms with van der Waals surface area (Å²) in [7, 11) is 1.36. The van der Waals surface area contributed by atoms with Crippen molar-refractivity contribution in [1.29, 1.82) is 0 Å². The molecule has 19 heavy (non-hydrogen) atoms. The molecule has 1 fully saturated rings. The van der Waals surface area contributed by atoms with Gasteiger partial charge in [0.15, 0.2) is 0 Å².